The van der Waals surface area contributed by atoms with E-state index >= 15 is 0 Å². The summed E-state index contributed by atoms with van der Waals surface area (Å²) in [5.74, 6) is -1.33. The van der Waals surface area contributed by atoms with Crippen molar-refractivity contribution in [3.05, 3.63) is 47.5 Å². The van der Waals surface area contributed by atoms with Gasteiger partial charge in [-0.2, -0.15) is 0 Å². The average molecular weight is 247 g/mol. The number of benzene rings is 1. The van der Waals surface area contributed by atoms with Crippen LogP contribution in [0.5, 0.6) is 11.8 Å². The van der Waals surface area contributed by atoms with Crippen molar-refractivity contribution in [3.63, 3.8) is 0 Å². The molecular weight excluding hydrogens is 234 g/mol. The summed E-state index contributed by atoms with van der Waals surface area (Å²) in [6.45, 7) is 1.98. The van der Waals surface area contributed by atoms with E-state index in [0.717, 1.165) is 12.0 Å². The van der Waals surface area contributed by atoms with Crippen LogP contribution in [0.4, 0.5) is 0 Å². The number of aromatic hydroxyl groups is 2. The van der Waals surface area contributed by atoms with E-state index in [4.69, 9.17) is 4.84 Å². The second-order valence-electron chi connectivity index (χ2n) is 3.78. The summed E-state index contributed by atoms with van der Waals surface area (Å²) in [6, 6.07) is 9.43. The standard InChI is InChI=1S/C13H13NO4/c1-2-9-4-3-5-10(8-9)13(17)18-14-11(15)6-7-12(14)16/h3-8,15-16H,2H2,1H3. The van der Waals surface area contributed by atoms with Crippen molar-refractivity contribution in [3.8, 4) is 11.8 Å². The van der Waals surface area contributed by atoms with Crippen molar-refractivity contribution in [1.82, 2.24) is 4.73 Å². The molecule has 1 heterocycles. The fourth-order valence-corrected chi connectivity index (χ4v) is 1.55. The predicted molar refractivity (Wildman–Crippen MR) is 64.5 cm³/mol. The summed E-state index contributed by atoms with van der Waals surface area (Å²) in [6.07, 6.45) is 0.807. The molecule has 94 valence electrons. The first-order chi connectivity index (χ1) is 8.61. The minimum absolute atomic E-state index is 0.340. The summed E-state index contributed by atoms with van der Waals surface area (Å²) in [7, 11) is 0. The van der Waals surface area contributed by atoms with Crippen LogP contribution in [0.3, 0.4) is 0 Å². The Morgan fingerprint density at radius 2 is 1.89 bits per heavy atom. The van der Waals surface area contributed by atoms with Crippen molar-refractivity contribution in [2.75, 3.05) is 0 Å². The monoisotopic (exact) mass is 247 g/mol. The van der Waals surface area contributed by atoms with Gasteiger partial charge in [0.25, 0.3) is 0 Å². The second kappa shape index (κ2) is 4.83. The summed E-state index contributed by atoms with van der Waals surface area (Å²) in [4.78, 5) is 16.7. The highest BCUT2D eigenvalue weighted by atomic mass is 16.7. The molecule has 0 radical (unpaired) electrons. The molecule has 0 amide bonds. The molecule has 2 aromatic rings. The Kier molecular flexibility index (Phi) is 3.23. The van der Waals surface area contributed by atoms with Gasteiger partial charge in [-0.1, -0.05) is 19.1 Å². The van der Waals surface area contributed by atoms with Crippen LogP contribution < -0.4 is 4.84 Å². The lowest BCUT2D eigenvalue weighted by atomic mass is 10.1. The highest BCUT2D eigenvalue weighted by Gasteiger charge is 2.14. The highest BCUT2D eigenvalue weighted by molar-refractivity contribution is 5.89. The maximum absolute atomic E-state index is 11.8. The topological polar surface area (TPSA) is 71.7 Å². The van der Waals surface area contributed by atoms with Gasteiger partial charge in [0.05, 0.1) is 5.56 Å². The zero-order valence-corrected chi connectivity index (χ0v) is 9.83. The third-order valence-corrected chi connectivity index (χ3v) is 2.54. The van der Waals surface area contributed by atoms with Gasteiger partial charge < -0.3 is 15.1 Å². The third-order valence-electron chi connectivity index (χ3n) is 2.54. The van der Waals surface area contributed by atoms with Gasteiger partial charge in [0.15, 0.2) is 0 Å². The van der Waals surface area contributed by atoms with Crippen LogP contribution in [0.15, 0.2) is 36.4 Å². The Morgan fingerprint density at radius 3 is 2.50 bits per heavy atom. The van der Waals surface area contributed by atoms with E-state index in [2.05, 4.69) is 0 Å². The van der Waals surface area contributed by atoms with Crippen LogP contribution in [-0.2, 0) is 6.42 Å². The second-order valence-corrected chi connectivity index (χ2v) is 3.78. The first-order valence-corrected chi connectivity index (χ1v) is 5.53. The minimum atomic E-state index is -0.646. The zero-order chi connectivity index (χ0) is 13.1. The average Bonchev–Trinajstić information content (AvgIpc) is 2.70. The summed E-state index contributed by atoms with van der Waals surface area (Å²) >= 11 is 0. The van der Waals surface area contributed by atoms with Crippen molar-refractivity contribution in [2.24, 2.45) is 0 Å². The molecule has 1 aromatic carbocycles. The Bertz CT molecular complexity index is 555. The van der Waals surface area contributed by atoms with Gasteiger partial charge in [-0.3, -0.25) is 0 Å². The molecule has 0 bridgehead atoms. The first kappa shape index (κ1) is 12.0. The van der Waals surface area contributed by atoms with E-state index in [0.29, 0.717) is 10.3 Å². The van der Waals surface area contributed by atoms with Crippen LogP contribution in [-0.4, -0.2) is 20.9 Å². The van der Waals surface area contributed by atoms with Crippen molar-refractivity contribution >= 4 is 5.97 Å². The summed E-state index contributed by atoms with van der Waals surface area (Å²) in [5, 5.41) is 18.7. The number of carbonyl (C=O) groups is 1. The van der Waals surface area contributed by atoms with Crippen molar-refractivity contribution < 1.29 is 19.8 Å². The minimum Gasteiger partial charge on any atom is -0.492 e. The molecule has 0 atom stereocenters. The molecule has 18 heavy (non-hydrogen) atoms. The quantitative estimate of drug-likeness (QED) is 0.866. The largest absolute Gasteiger partial charge is 0.492 e. The lowest BCUT2D eigenvalue weighted by molar-refractivity contribution is 0.0381. The van der Waals surface area contributed by atoms with Gasteiger partial charge >= 0.3 is 5.97 Å². The van der Waals surface area contributed by atoms with Gasteiger partial charge in [0.2, 0.25) is 11.8 Å². The Morgan fingerprint density at radius 1 is 1.22 bits per heavy atom. The smallest absolute Gasteiger partial charge is 0.363 e. The van der Waals surface area contributed by atoms with E-state index in [1.54, 1.807) is 18.2 Å². The molecule has 5 nitrogen and oxygen atoms in total. The molecular formula is C13H13NO4. The molecule has 5 heteroatoms. The molecule has 0 saturated heterocycles. The number of nitrogens with zero attached hydrogens (tertiary/aromatic N) is 1. The van der Waals surface area contributed by atoms with Gasteiger partial charge in [-0.25, -0.2) is 4.79 Å². The van der Waals surface area contributed by atoms with Crippen molar-refractivity contribution in [1.29, 1.82) is 0 Å². The SMILES string of the molecule is CCc1cccc(C(=O)On2c(O)ccc2O)c1. The van der Waals surface area contributed by atoms with Crippen LogP contribution >= 0.6 is 0 Å². The van der Waals surface area contributed by atoms with Crippen LogP contribution in [0.25, 0.3) is 0 Å². The maximum atomic E-state index is 11.8. The summed E-state index contributed by atoms with van der Waals surface area (Å²) < 4.78 is 0.668. The van der Waals surface area contributed by atoms with Crippen LogP contribution in [0.2, 0.25) is 0 Å². The van der Waals surface area contributed by atoms with Gasteiger partial charge in [-0.05, 0) is 24.1 Å². The molecule has 0 saturated carbocycles. The highest BCUT2D eigenvalue weighted by Crippen LogP contribution is 2.19. The van der Waals surface area contributed by atoms with Crippen molar-refractivity contribution in [2.45, 2.75) is 13.3 Å². The third kappa shape index (κ3) is 2.29. The first-order valence-electron chi connectivity index (χ1n) is 5.53. The number of carbonyl (C=O) groups excluding carboxylic acids is 1. The Labute approximate surface area is 104 Å². The molecule has 2 N–H and O–H groups in total. The van der Waals surface area contributed by atoms with E-state index in [9.17, 15) is 15.0 Å². The van der Waals surface area contributed by atoms with Gasteiger partial charge in [0, 0.05) is 12.1 Å². The lowest BCUT2D eigenvalue weighted by Crippen LogP contribution is -2.19. The van der Waals surface area contributed by atoms with E-state index < -0.39 is 5.97 Å². The molecule has 0 aliphatic heterocycles. The van der Waals surface area contributed by atoms with Gasteiger partial charge in [0.1, 0.15) is 0 Å². The lowest BCUT2D eigenvalue weighted by Gasteiger charge is -2.07. The normalized spacial score (nSPS) is 10.3. The Hall–Kier alpha value is -2.43. The number of hydrogen-bond acceptors (Lipinski definition) is 4. The molecule has 0 aliphatic rings. The molecule has 0 spiro atoms. The number of aromatic nitrogens is 1. The predicted octanol–water partition coefficient (Wildman–Crippen LogP) is 1.73. The van der Waals surface area contributed by atoms with Gasteiger partial charge in [-0.15, -0.1) is 4.73 Å². The molecule has 0 unspecified atom stereocenters. The van der Waals surface area contributed by atoms with Crippen LogP contribution in [0, 0.1) is 0 Å². The zero-order valence-electron chi connectivity index (χ0n) is 9.83. The number of aryl methyl sites for hydroxylation is 1. The number of rotatable bonds is 3. The molecule has 1 aromatic heterocycles. The van der Waals surface area contributed by atoms with E-state index in [1.165, 1.54) is 12.1 Å². The summed E-state index contributed by atoms with van der Waals surface area (Å²) in [5.41, 5.74) is 1.37. The van der Waals surface area contributed by atoms with E-state index in [1.807, 2.05) is 13.0 Å². The molecule has 0 aliphatic carbocycles. The fraction of sp³-hybridized carbons (Fsp3) is 0.154. The van der Waals surface area contributed by atoms with Crippen LogP contribution in [0.1, 0.15) is 22.8 Å². The maximum Gasteiger partial charge on any atom is 0.363 e. The molecule has 0 fully saturated rings. The Balaban J connectivity index is 2.22. The number of hydrogen-bond donors (Lipinski definition) is 2. The van der Waals surface area contributed by atoms with E-state index in [-0.39, 0.29) is 11.8 Å². The molecule has 2 rings (SSSR count). The fourth-order valence-electron chi connectivity index (χ4n) is 1.55.